The van der Waals surface area contributed by atoms with E-state index in [0.29, 0.717) is 0 Å². The van der Waals surface area contributed by atoms with Gasteiger partial charge in [0.05, 0.1) is 9.58 Å². The fourth-order valence-electron chi connectivity index (χ4n) is 3.01. The highest BCUT2D eigenvalue weighted by Crippen LogP contribution is 2.39. The second-order valence-electron chi connectivity index (χ2n) is 5.85. The molecule has 114 valence electrons. The first-order valence-electron chi connectivity index (χ1n) is 7.61. The van der Waals surface area contributed by atoms with Gasteiger partial charge in [0, 0.05) is 34.4 Å². The summed E-state index contributed by atoms with van der Waals surface area (Å²) in [5.74, 6) is 0.202. The van der Waals surface area contributed by atoms with Gasteiger partial charge in [0.2, 0.25) is 0 Å². The van der Waals surface area contributed by atoms with Crippen LogP contribution in [0, 0.1) is 0 Å². The summed E-state index contributed by atoms with van der Waals surface area (Å²) < 4.78 is 3.80. The molecule has 1 aliphatic rings. The molecule has 0 spiro atoms. The van der Waals surface area contributed by atoms with Gasteiger partial charge in [0.25, 0.3) is 5.91 Å². The van der Waals surface area contributed by atoms with E-state index in [-0.39, 0.29) is 5.91 Å². The largest absolute Gasteiger partial charge is 0.337 e. The van der Waals surface area contributed by atoms with Crippen molar-refractivity contribution in [1.29, 1.82) is 0 Å². The van der Waals surface area contributed by atoms with Crippen molar-refractivity contribution in [3.63, 3.8) is 0 Å². The standard InChI is InChI=1S/C17H18N2OS2/c1-18-7-4-8-19(10-9-18)17(20)15-11-14-16(22-15)12-5-2-3-6-13(12)21-14/h2-3,5-6,11H,4,7-10H2,1H3. The Kier molecular flexibility index (Phi) is 3.64. The molecule has 4 rings (SSSR count). The number of benzene rings is 1. The molecule has 2 aromatic heterocycles. The molecule has 0 aliphatic carbocycles. The molecule has 22 heavy (non-hydrogen) atoms. The van der Waals surface area contributed by atoms with Crippen molar-refractivity contribution in [1.82, 2.24) is 9.80 Å². The van der Waals surface area contributed by atoms with Crippen LogP contribution in [-0.2, 0) is 0 Å². The van der Waals surface area contributed by atoms with Crippen LogP contribution in [0.5, 0.6) is 0 Å². The molecule has 0 saturated carbocycles. The molecule has 1 fully saturated rings. The first-order chi connectivity index (χ1) is 10.7. The smallest absolute Gasteiger partial charge is 0.264 e. The molecule has 0 radical (unpaired) electrons. The van der Waals surface area contributed by atoms with Crippen LogP contribution in [0.4, 0.5) is 0 Å². The summed E-state index contributed by atoms with van der Waals surface area (Å²) in [4.78, 5) is 18.0. The van der Waals surface area contributed by atoms with Gasteiger partial charge in [0.15, 0.2) is 0 Å². The first-order valence-corrected chi connectivity index (χ1v) is 9.24. The molecule has 1 aliphatic heterocycles. The molecule has 3 heterocycles. The van der Waals surface area contributed by atoms with E-state index in [1.165, 1.54) is 19.5 Å². The second kappa shape index (κ2) is 5.65. The van der Waals surface area contributed by atoms with Crippen molar-refractivity contribution in [3.05, 3.63) is 35.2 Å². The number of hydrogen-bond acceptors (Lipinski definition) is 4. The number of amides is 1. The monoisotopic (exact) mass is 330 g/mol. The van der Waals surface area contributed by atoms with Crippen molar-refractivity contribution >= 4 is 48.1 Å². The van der Waals surface area contributed by atoms with Crippen molar-refractivity contribution in [2.75, 3.05) is 33.2 Å². The summed E-state index contributed by atoms with van der Waals surface area (Å²) in [7, 11) is 2.13. The van der Waals surface area contributed by atoms with E-state index in [2.05, 4.69) is 42.3 Å². The van der Waals surface area contributed by atoms with Crippen molar-refractivity contribution in [2.24, 2.45) is 0 Å². The summed E-state index contributed by atoms with van der Waals surface area (Å²) in [6.07, 6.45) is 1.06. The molecule has 0 bridgehead atoms. The Balaban J connectivity index is 1.67. The van der Waals surface area contributed by atoms with Gasteiger partial charge in [0.1, 0.15) is 0 Å². The zero-order chi connectivity index (χ0) is 15.1. The Morgan fingerprint density at radius 3 is 2.82 bits per heavy atom. The molecule has 3 aromatic rings. The summed E-state index contributed by atoms with van der Waals surface area (Å²) in [6, 6.07) is 10.5. The molecule has 0 unspecified atom stereocenters. The van der Waals surface area contributed by atoms with Crippen LogP contribution in [0.3, 0.4) is 0 Å². The normalized spacial score (nSPS) is 17.2. The molecule has 1 aromatic carbocycles. The number of rotatable bonds is 1. The third kappa shape index (κ3) is 2.43. The van der Waals surface area contributed by atoms with E-state index in [9.17, 15) is 4.79 Å². The maximum Gasteiger partial charge on any atom is 0.264 e. The lowest BCUT2D eigenvalue weighted by Crippen LogP contribution is -2.34. The maximum atomic E-state index is 12.8. The predicted molar refractivity (Wildman–Crippen MR) is 95.2 cm³/mol. The quantitative estimate of drug-likeness (QED) is 0.676. The topological polar surface area (TPSA) is 23.6 Å². The number of carbonyl (C=O) groups excluding carboxylic acids is 1. The Bertz CT molecular complexity index is 836. The van der Waals surface area contributed by atoms with Crippen LogP contribution in [-0.4, -0.2) is 48.9 Å². The van der Waals surface area contributed by atoms with Crippen molar-refractivity contribution in [2.45, 2.75) is 6.42 Å². The fourth-order valence-corrected chi connectivity index (χ4v) is 5.50. The lowest BCUT2D eigenvalue weighted by molar-refractivity contribution is 0.0768. The Morgan fingerprint density at radius 2 is 1.91 bits per heavy atom. The Morgan fingerprint density at radius 1 is 1.05 bits per heavy atom. The van der Waals surface area contributed by atoms with Gasteiger partial charge in [-0.1, -0.05) is 18.2 Å². The van der Waals surface area contributed by atoms with E-state index in [1.807, 2.05) is 4.90 Å². The second-order valence-corrected chi connectivity index (χ2v) is 7.99. The summed E-state index contributed by atoms with van der Waals surface area (Å²) >= 11 is 3.43. The molecule has 1 amide bonds. The molecular formula is C17H18N2OS2. The zero-order valence-corrected chi connectivity index (χ0v) is 14.2. The predicted octanol–water partition coefficient (Wildman–Crippen LogP) is 3.89. The number of thiophene rings is 2. The number of fused-ring (bicyclic) bond motifs is 3. The SMILES string of the molecule is CN1CCCN(C(=O)c2cc3sc4ccccc4c3s2)CC1. The molecule has 5 heteroatoms. The van der Waals surface area contributed by atoms with Gasteiger partial charge in [-0.05, 0) is 32.1 Å². The summed E-state index contributed by atoms with van der Waals surface area (Å²) in [5, 5.41) is 1.28. The van der Waals surface area contributed by atoms with Crippen molar-refractivity contribution in [3.8, 4) is 0 Å². The molecule has 0 N–H and O–H groups in total. The number of nitrogens with zero attached hydrogens (tertiary/aromatic N) is 2. The highest BCUT2D eigenvalue weighted by Gasteiger charge is 2.21. The van der Waals surface area contributed by atoms with Crippen LogP contribution < -0.4 is 0 Å². The van der Waals surface area contributed by atoms with E-state index < -0.39 is 0 Å². The summed E-state index contributed by atoms with van der Waals surface area (Å²) in [5.41, 5.74) is 0. The van der Waals surface area contributed by atoms with Gasteiger partial charge >= 0.3 is 0 Å². The van der Waals surface area contributed by atoms with Crippen LogP contribution in [0.1, 0.15) is 16.1 Å². The van der Waals surface area contributed by atoms with E-state index in [4.69, 9.17) is 0 Å². The number of likely N-dealkylation sites (N-methyl/N-ethyl adjacent to an activating group) is 1. The van der Waals surface area contributed by atoms with E-state index in [0.717, 1.165) is 37.5 Å². The van der Waals surface area contributed by atoms with Crippen LogP contribution in [0.2, 0.25) is 0 Å². The third-order valence-corrected chi connectivity index (χ3v) is 6.67. The fraction of sp³-hybridized carbons (Fsp3) is 0.353. The number of hydrogen-bond donors (Lipinski definition) is 0. The number of carbonyl (C=O) groups is 1. The molecule has 1 saturated heterocycles. The third-order valence-electron chi connectivity index (χ3n) is 4.27. The van der Waals surface area contributed by atoms with Gasteiger partial charge in [-0.25, -0.2) is 0 Å². The summed E-state index contributed by atoms with van der Waals surface area (Å²) in [6.45, 7) is 3.75. The van der Waals surface area contributed by atoms with Crippen LogP contribution in [0.25, 0.3) is 19.5 Å². The van der Waals surface area contributed by atoms with E-state index in [1.54, 1.807) is 22.7 Å². The van der Waals surface area contributed by atoms with Gasteiger partial charge in [-0.3, -0.25) is 4.79 Å². The average Bonchev–Trinajstić information content (AvgIpc) is 2.99. The van der Waals surface area contributed by atoms with Gasteiger partial charge in [-0.15, -0.1) is 22.7 Å². The lowest BCUT2D eigenvalue weighted by atomic mass is 10.2. The molecule has 3 nitrogen and oxygen atoms in total. The zero-order valence-electron chi connectivity index (χ0n) is 12.5. The maximum absolute atomic E-state index is 12.8. The van der Waals surface area contributed by atoms with Gasteiger partial charge < -0.3 is 9.80 Å². The van der Waals surface area contributed by atoms with Crippen molar-refractivity contribution < 1.29 is 4.79 Å². The molecular weight excluding hydrogens is 312 g/mol. The first kappa shape index (κ1) is 14.2. The van der Waals surface area contributed by atoms with E-state index >= 15 is 0 Å². The Labute approximate surface area is 137 Å². The minimum atomic E-state index is 0.202. The molecule has 0 atom stereocenters. The lowest BCUT2D eigenvalue weighted by Gasteiger charge is -2.19. The minimum absolute atomic E-state index is 0.202. The minimum Gasteiger partial charge on any atom is -0.337 e. The Hall–Kier alpha value is -1.43. The van der Waals surface area contributed by atoms with Crippen LogP contribution in [0.15, 0.2) is 30.3 Å². The highest BCUT2D eigenvalue weighted by atomic mass is 32.1. The average molecular weight is 330 g/mol. The van der Waals surface area contributed by atoms with Gasteiger partial charge in [-0.2, -0.15) is 0 Å². The van der Waals surface area contributed by atoms with Crippen LogP contribution >= 0.6 is 22.7 Å². The highest BCUT2D eigenvalue weighted by molar-refractivity contribution is 7.33.